The number of rotatable bonds is 7. The zero-order valence-electron chi connectivity index (χ0n) is 37.2. The lowest BCUT2D eigenvalue weighted by atomic mass is 9.98. The van der Waals surface area contributed by atoms with Crippen LogP contribution in [0.3, 0.4) is 0 Å². The standard InChI is InChI=1S/C61H44N4S/c1-37-27-38(2)30-47(29-37)44-19-23-49-50-24-20-45(48-31-39(3)28-40(4)32-48)35-56(50)65(55(49)34-44)54-26-22-43(46-21-25-52-51-17-11-12-18-57(51)66-58(52)36-46)33-53(54)61-63-59(41-13-7-5-8-14-41)62-60(64-61)42-15-9-6-10-16-42/h5-36H,1-4H3. The van der Waals surface area contributed by atoms with Gasteiger partial charge in [0.2, 0.25) is 0 Å². The average Bonchev–Trinajstić information content (AvgIpc) is 3.88. The molecule has 5 heteroatoms. The normalized spacial score (nSPS) is 11.6. The fourth-order valence-corrected chi connectivity index (χ4v) is 11.0. The van der Waals surface area contributed by atoms with Crippen molar-refractivity contribution in [1.82, 2.24) is 19.5 Å². The van der Waals surface area contributed by atoms with Gasteiger partial charge in [-0.1, -0.05) is 180 Å². The minimum absolute atomic E-state index is 0.605. The van der Waals surface area contributed by atoms with Crippen LogP contribution < -0.4 is 0 Å². The van der Waals surface area contributed by atoms with Crippen molar-refractivity contribution in [3.05, 3.63) is 216 Å². The summed E-state index contributed by atoms with van der Waals surface area (Å²) in [6, 6.07) is 70.4. The molecule has 12 rings (SSSR count). The molecular formula is C61H44N4S. The molecule has 3 heterocycles. The molecule has 0 spiro atoms. The molecule has 9 aromatic carbocycles. The Kier molecular flexibility index (Phi) is 9.55. The highest BCUT2D eigenvalue weighted by Gasteiger charge is 2.22. The molecule has 0 atom stereocenters. The van der Waals surface area contributed by atoms with Crippen LogP contribution in [0.1, 0.15) is 22.3 Å². The van der Waals surface area contributed by atoms with Gasteiger partial charge in [-0.05, 0) is 97.5 Å². The smallest absolute Gasteiger partial charge is 0.166 e. The second-order valence-corrected chi connectivity index (χ2v) is 18.7. The van der Waals surface area contributed by atoms with Gasteiger partial charge < -0.3 is 4.57 Å². The van der Waals surface area contributed by atoms with Crippen molar-refractivity contribution in [2.24, 2.45) is 0 Å². The summed E-state index contributed by atoms with van der Waals surface area (Å²) in [5.41, 5.74) is 17.9. The number of hydrogen-bond donors (Lipinski definition) is 0. The molecule has 3 aromatic heterocycles. The van der Waals surface area contributed by atoms with Crippen molar-refractivity contribution in [3.8, 4) is 73.2 Å². The summed E-state index contributed by atoms with van der Waals surface area (Å²) in [6.07, 6.45) is 0. The monoisotopic (exact) mass is 864 g/mol. The van der Waals surface area contributed by atoms with Gasteiger partial charge in [-0.15, -0.1) is 11.3 Å². The Morgan fingerprint density at radius 2 is 0.758 bits per heavy atom. The molecule has 0 amide bonds. The number of aryl methyl sites for hydroxylation is 4. The molecule has 66 heavy (non-hydrogen) atoms. The van der Waals surface area contributed by atoms with Gasteiger partial charge in [0.15, 0.2) is 17.5 Å². The SMILES string of the molecule is Cc1cc(C)cc(-c2ccc3c4ccc(-c5cc(C)cc(C)c5)cc4n(-c4ccc(-c5ccc6c(c5)sc5ccccc56)cc4-c4nc(-c5ccccc5)nc(-c5ccccc5)n4)c3c2)c1. The summed E-state index contributed by atoms with van der Waals surface area (Å²) in [4.78, 5) is 15.9. The summed E-state index contributed by atoms with van der Waals surface area (Å²) >= 11 is 1.84. The first-order chi connectivity index (χ1) is 32.3. The first kappa shape index (κ1) is 39.6. The van der Waals surface area contributed by atoms with Crippen molar-refractivity contribution >= 4 is 53.3 Å². The first-order valence-corrected chi connectivity index (χ1v) is 23.3. The molecule has 0 radical (unpaired) electrons. The van der Waals surface area contributed by atoms with Crippen LogP contribution in [0, 0.1) is 27.7 Å². The number of aromatic nitrogens is 4. The van der Waals surface area contributed by atoms with E-state index >= 15 is 0 Å². The Labute approximate surface area is 388 Å². The number of hydrogen-bond acceptors (Lipinski definition) is 4. The van der Waals surface area contributed by atoms with Crippen LogP contribution in [0.5, 0.6) is 0 Å². The van der Waals surface area contributed by atoms with Crippen LogP contribution in [0.4, 0.5) is 0 Å². The van der Waals surface area contributed by atoms with Gasteiger partial charge in [0.1, 0.15) is 0 Å². The van der Waals surface area contributed by atoms with Gasteiger partial charge in [-0.2, -0.15) is 0 Å². The topological polar surface area (TPSA) is 43.6 Å². The summed E-state index contributed by atoms with van der Waals surface area (Å²) in [5.74, 6) is 1.85. The number of fused-ring (bicyclic) bond motifs is 6. The minimum Gasteiger partial charge on any atom is -0.308 e. The van der Waals surface area contributed by atoms with Crippen molar-refractivity contribution < 1.29 is 0 Å². The zero-order valence-corrected chi connectivity index (χ0v) is 38.0. The third-order valence-electron chi connectivity index (χ3n) is 12.8. The molecular weight excluding hydrogens is 821 g/mol. The van der Waals surface area contributed by atoms with Crippen LogP contribution in [0.2, 0.25) is 0 Å². The van der Waals surface area contributed by atoms with E-state index in [0.29, 0.717) is 17.5 Å². The molecule has 0 N–H and O–H groups in total. The van der Waals surface area contributed by atoms with Crippen molar-refractivity contribution in [2.75, 3.05) is 0 Å². The van der Waals surface area contributed by atoms with Gasteiger partial charge >= 0.3 is 0 Å². The maximum absolute atomic E-state index is 5.38. The lowest BCUT2D eigenvalue weighted by molar-refractivity contribution is 1.06. The van der Waals surface area contributed by atoms with E-state index in [-0.39, 0.29) is 0 Å². The van der Waals surface area contributed by atoms with E-state index in [0.717, 1.165) is 44.5 Å². The molecule has 314 valence electrons. The van der Waals surface area contributed by atoms with E-state index in [1.54, 1.807) is 0 Å². The second-order valence-electron chi connectivity index (χ2n) is 17.6. The molecule has 0 bridgehead atoms. The van der Waals surface area contributed by atoms with Crippen LogP contribution in [-0.2, 0) is 0 Å². The third kappa shape index (κ3) is 7.05. The molecule has 0 aliphatic carbocycles. The summed E-state index contributed by atoms with van der Waals surface area (Å²) < 4.78 is 5.00. The van der Waals surface area contributed by atoms with Crippen LogP contribution >= 0.6 is 11.3 Å². The summed E-state index contributed by atoms with van der Waals surface area (Å²) in [5, 5.41) is 4.93. The Morgan fingerprint density at radius 1 is 0.318 bits per heavy atom. The van der Waals surface area contributed by atoms with E-state index in [9.17, 15) is 0 Å². The van der Waals surface area contributed by atoms with Gasteiger partial charge in [0, 0.05) is 47.6 Å². The summed E-state index contributed by atoms with van der Waals surface area (Å²) in [6.45, 7) is 8.70. The molecule has 0 saturated heterocycles. The van der Waals surface area contributed by atoms with E-state index in [1.807, 2.05) is 47.7 Å². The Hall–Kier alpha value is -7.99. The maximum Gasteiger partial charge on any atom is 0.166 e. The van der Waals surface area contributed by atoms with Crippen molar-refractivity contribution in [1.29, 1.82) is 0 Å². The second kappa shape index (κ2) is 15.9. The summed E-state index contributed by atoms with van der Waals surface area (Å²) in [7, 11) is 0. The van der Waals surface area contributed by atoms with E-state index in [4.69, 9.17) is 15.0 Å². The first-order valence-electron chi connectivity index (χ1n) is 22.5. The largest absolute Gasteiger partial charge is 0.308 e. The maximum atomic E-state index is 5.38. The Bertz CT molecular complexity index is 3650. The van der Waals surface area contributed by atoms with E-state index in [1.165, 1.54) is 75.5 Å². The van der Waals surface area contributed by atoms with Gasteiger partial charge in [-0.3, -0.25) is 0 Å². The third-order valence-corrected chi connectivity index (χ3v) is 13.9. The number of benzene rings is 9. The lowest BCUT2D eigenvalue weighted by Crippen LogP contribution is -2.04. The van der Waals surface area contributed by atoms with Crippen LogP contribution in [0.15, 0.2) is 194 Å². The molecule has 12 aromatic rings. The highest BCUT2D eigenvalue weighted by atomic mass is 32.1. The van der Waals surface area contributed by atoms with Crippen molar-refractivity contribution in [3.63, 3.8) is 0 Å². The molecule has 4 nitrogen and oxygen atoms in total. The average molecular weight is 865 g/mol. The number of thiophene rings is 1. The van der Waals surface area contributed by atoms with E-state index < -0.39 is 0 Å². The highest BCUT2D eigenvalue weighted by molar-refractivity contribution is 7.25. The molecule has 0 unspecified atom stereocenters. The quantitative estimate of drug-likeness (QED) is 0.160. The van der Waals surface area contributed by atoms with Crippen LogP contribution in [0.25, 0.3) is 115 Å². The van der Waals surface area contributed by atoms with Gasteiger partial charge in [0.25, 0.3) is 0 Å². The Morgan fingerprint density at radius 3 is 1.32 bits per heavy atom. The van der Waals surface area contributed by atoms with E-state index in [2.05, 4.69) is 190 Å². The van der Waals surface area contributed by atoms with Crippen LogP contribution in [-0.4, -0.2) is 19.5 Å². The van der Waals surface area contributed by atoms with Gasteiger partial charge in [-0.25, -0.2) is 15.0 Å². The molecule has 0 fully saturated rings. The Balaban J connectivity index is 1.17. The highest BCUT2D eigenvalue weighted by Crippen LogP contribution is 2.42. The predicted octanol–water partition coefficient (Wildman–Crippen LogP) is 16.6. The van der Waals surface area contributed by atoms with Gasteiger partial charge in [0.05, 0.1) is 16.7 Å². The minimum atomic E-state index is 0.605. The zero-order chi connectivity index (χ0) is 44.5. The molecule has 0 aliphatic heterocycles. The van der Waals surface area contributed by atoms with Crippen molar-refractivity contribution in [2.45, 2.75) is 27.7 Å². The molecule has 0 aliphatic rings. The fraction of sp³-hybridized carbons (Fsp3) is 0.0656. The lowest BCUT2D eigenvalue weighted by Gasteiger charge is -2.17. The fourth-order valence-electron chi connectivity index (χ4n) is 9.84. The number of nitrogens with zero attached hydrogens (tertiary/aromatic N) is 4. The predicted molar refractivity (Wildman–Crippen MR) is 279 cm³/mol. The molecule has 0 saturated carbocycles.